The second-order valence-corrected chi connectivity index (χ2v) is 16.7. The number of hydrogen-bond donors (Lipinski definition) is 0. The number of hydrogen-bond acceptors (Lipinski definition) is 2. The van der Waals surface area contributed by atoms with Gasteiger partial charge in [-0.1, -0.05) is 109 Å². The number of halogens is 1. The number of allylic oxidation sites excluding steroid dienone is 2. The predicted octanol–water partition coefficient (Wildman–Crippen LogP) is 8.04. The third-order valence-electron chi connectivity index (χ3n) is 6.78. The molecule has 0 bridgehead atoms. The van der Waals surface area contributed by atoms with Gasteiger partial charge in [0.05, 0.1) is 6.16 Å². The molecular formula is C32H66IO2P. The molecule has 0 heterocycles. The Morgan fingerprint density at radius 2 is 0.944 bits per heavy atom. The summed E-state index contributed by atoms with van der Waals surface area (Å²) in [4.78, 5) is 0. The fraction of sp³-hybridized carbons (Fsp3) is 0.938. The summed E-state index contributed by atoms with van der Waals surface area (Å²) in [6.07, 6.45) is 33.7. The van der Waals surface area contributed by atoms with Gasteiger partial charge in [-0.25, -0.2) is 0 Å². The quantitative estimate of drug-likeness (QED) is 0.0283. The number of unbranched alkanes of at least 4 members (excludes halogenated alkanes) is 16. The first kappa shape index (κ1) is 39.0. The van der Waals surface area contributed by atoms with Crippen LogP contribution in [-0.2, 0) is 9.47 Å². The van der Waals surface area contributed by atoms with Crippen molar-refractivity contribution < 1.29 is 33.5 Å². The van der Waals surface area contributed by atoms with E-state index in [0.717, 1.165) is 19.6 Å². The Labute approximate surface area is 246 Å². The molecule has 218 valence electrons. The highest BCUT2D eigenvalue weighted by atomic mass is 127. The van der Waals surface area contributed by atoms with E-state index in [1.807, 2.05) is 0 Å². The van der Waals surface area contributed by atoms with Crippen molar-refractivity contribution in [2.45, 2.75) is 155 Å². The molecule has 0 saturated heterocycles. The van der Waals surface area contributed by atoms with Crippen molar-refractivity contribution in [2.75, 3.05) is 39.4 Å². The molecule has 0 aliphatic rings. The van der Waals surface area contributed by atoms with E-state index in [9.17, 15) is 0 Å². The van der Waals surface area contributed by atoms with Crippen LogP contribution in [0.3, 0.4) is 0 Å². The molecule has 0 aliphatic carbocycles. The van der Waals surface area contributed by atoms with Crippen LogP contribution in [0.2, 0.25) is 0 Å². The van der Waals surface area contributed by atoms with Crippen LogP contribution in [0.1, 0.15) is 149 Å². The van der Waals surface area contributed by atoms with Crippen LogP contribution in [0.4, 0.5) is 0 Å². The SMILES string of the molecule is CCCCCCCCCOC(CCCCC/C=C/CCC[P+](C)(C)C)OCCCCCCCCC.[I-]. The molecule has 0 aliphatic heterocycles. The van der Waals surface area contributed by atoms with E-state index in [0.29, 0.717) is 0 Å². The van der Waals surface area contributed by atoms with Crippen LogP contribution in [0, 0.1) is 0 Å². The highest BCUT2D eigenvalue weighted by Crippen LogP contribution is 2.47. The third kappa shape index (κ3) is 32.8. The standard InChI is InChI=1S/C32H66O2P.HI/c1-6-8-10-12-17-21-25-29-33-32(34-30-26-22-18-13-11-9-7-2)28-24-20-16-14-15-19-23-27-31-35(3,4)5;/h15,19,32H,6-14,16-18,20-31H2,1-5H3;1H/q+1;/p-1/b19-15+;. The summed E-state index contributed by atoms with van der Waals surface area (Å²) < 4.78 is 12.4. The van der Waals surface area contributed by atoms with Crippen LogP contribution >= 0.6 is 7.26 Å². The van der Waals surface area contributed by atoms with Crippen LogP contribution in [0.15, 0.2) is 12.2 Å². The fourth-order valence-corrected chi connectivity index (χ4v) is 5.56. The second kappa shape index (κ2) is 30.4. The monoisotopic (exact) mass is 640 g/mol. The van der Waals surface area contributed by atoms with Crippen molar-refractivity contribution in [1.29, 1.82) is 0 Å². The topological polar surface area (TPSA) is 18.5 Å². The zero-order valence-corrected chi connectivity index (χ0v) is 28.4. The minimum atomic E-state index is -0.590. The summed E-state index contributed by atoms with van der Waals surface area (Å²) in [5.41, 5.74) is 0. The van der Waals surface area contributed by atoms with E-state index in [-0.39, 0.29) is 30.3 Å². The van der Waals surface area contributed by atoms with E-state index >= 15 is 0 Å². The number of rotatable bonds is 28. The first-order valence-electron chi connectivity index (χ1n) is 15.7. The smallest absolute Gasteiger partial charge is 0.157 e. The van der Waals surface area contributed by atoms with E-state index in [4.69, 9.17) is 9.47 Å². The van der Waals surface area contributed by atoms with Crippen molar-refractivity contribution in [1.82, 2.24) is 0 Å². The summed E-state index contributed by atoms with van der Waals surface area (Å²) in [6.45, 7) is 13.6. The lowest BCUT2D eigenvalue weighted by atomic mass is 10.1. The molecule has 0 radical (unpaired) electrons. The maximum Gasteiger partial charge on any atom is 0.157 e. The third-order valence-corrected chi connectivity index (χ3v) is 8.44. The Morgan fingerprint density at radius 3 is 1.42 bits per heavy atom. The summed E-state index contributed by atoms with van der Waals surface area (Å²) in [5.74, 6) is 0. The molecule has 0 aromatic heterocycles. The minimum Gasteiger partial charge on any atom is -1.00 e. The van der Waals surface area contributed by atoms with Gasteiger partial charge >= 0.3 is 0 Å². The van der Waals surface area contributed by atoms with Crippen LogP contribution in [-0.4, -0.2) is 45.7 Å². The molecule has 0 atom stereocenters. The first-order chi connectivity index (χ1) is 17.0. The van der Waals surface area contributed by atoms with Gasteiger partial charge in [0.2, 0.25) is 0 Å². The average molecular weight is 641 g/mol. The molecule has 0 amide bonds. The van der Waals surface area contributed by atoms with Gasteiger partial charge in [0, 0.05) is 40.5 Å². The van der Waals surface area contributed by atoms with Crippen molar-refractivity contribution in [3.05, 3.63) is 12.2 Å². The molecule has 0 fully saturated rings. The summed E-state index contributed by atoms with van der Waals surface area (Å²) >= 11 is 0. The van der Waals surface area contributed by atoms with Crippen LogP contribution in [0.5, 0.6) is 0 Å². The van der Waals surface area contributed by atoms with Gasteiger partial charge in [0.15, 0.2) is 6.29 Å². The molecule has 36 heavy (non-hydrogen) atoms. The molecule has 0 unspecified atom stereocenters. The van der Waals surface area contributed by atoms with Gasteiger partial charge in [-0.2, -0.15) is 0 Å². The van der Waals surface area contributed by atoms with Crippen LogP contribution < -0.4 is 24.0 Å². The lowest BCUT2D eigenvalue weighted by Gasteiger charge is -2.19. The van der Waals surface area contributed by atoms with E-state index in [1.54, 1.807) is 0 Å². The summed E-state index contributed by atoms with van der Waals surface area (Å²) in [6, 6.07) is 0. The van der Waals surface area contributed by atoms with Crippen molar-refractivity contribution in [3.8, 4) is 0 Å². The fourth-order valence-electron chi connectivity index (χ4n) is 4.43. The van der Waals surface area contributed by atoms with Crippen molar-refractivity contribution in [3.63, 3.8) is 0 Å². The maximum atomic E-state index is 6.20. The van der Waals surface area contributed by atoms with E-state index in [2.05, 4.69) is 46.0 Å². The Hall–Kier alpha value is 0.820. The highest BCUT2D eigenvalue weighted by Gasteiger charge is 2.15. The summed E-state index contributed by atoms with van der Waals surface area (Å²) in [5, 5.41) is 0. The van der Waals surface area contributed by atoms with Crippen LogP contribution in [0.25, 0.3) is 0 Å². The lowest BCUT2D eigenvalue weighted by Crippen LogP contribution is -3.00. The molecular weight excluding hydrogens is 574 g/mol. The van der Waals surface area contributed by atoms with Crippen molar-refractivity contribution in [2.24, 2.45) is 0 Å². The molecule has 0 saturated carbocycles. The molecule has 0 aromatic carbocycles. The molecule has 0 rings (SSSR count). The van der Waals surface area contributed by atoms with E-state index < -0.39 is 7.26 Å². The van der Waals surface area contributed by atoms with Crippen molar-refractivity contribution >= 4 is 7.26 Å². The van der Waals surface area contributed by atoms with Gasteiger partial charge in [-0.05, 0) is 51.4 Å². The maximum absolute atomic E-state index is 6.20. The minimum absolute atomic E-state index is 0. The zero-order valence-electron chi connectivity index (χ0n) is 25.3. The molecule has 0 aromatic rings. The second-order valence-electron chi connectivity index (χ2n) is 11.7. The molecule has 2 nitrogen and oxygen atoms in total. The largest absolute Gasteiger partial charge is 1.00 e. The molecule has 0 spiro atoms. The normalized spacial score (nSPS) is 12.1. The summed E-state index contributed by atoms with van der Waals surface area (Å²) in [7, 11) is -0.590. The Bertz CT molecular complexity index is 416. The van der Waals surface area contributed by atoms with Gasteiger partial charge in [-0.3, -0.25) is 0 Å². The van der Waals surface area contributed by atoms with Gasteiger partial charge in [-0.15, -0.1) is 0 Å². The van der Waals surface area contributed by atoms with Gasteiger partial charge in [0.25, 0.3) is 0 Å². The van der Waals surface area contributed by atoms with E-state index in [1.165, 1.54) is 135 Å². The Kier molecular flexibility index (Phi) is 32.9. The molecule has 4 heteroatoms. The lowest BCUT2D eigenvalue weighted by molar-refractivity contribution is -0.148. The Balaban J connectivity index is 0. The molecule has 0 N–H and O–H groups in total. The first-order valence-corrected chi connectivity index (χ1v) is 19.0. The zero-order chi connectivity index (χ0) is 25.9. The van der Waals surface area contributed by atoms with Gasteiger partial charge < -0.3 is 33.5 Å². The Morgan fingerprint density at radius 1 is 0.528 bits per heavy atom. The number of ether oxygens (including phenoxy) is 2. The van der Waals surface area contributed by atoms with Gasteiger partial charge in [0.1, 0.15) is 0 Å². The predicted molar refractivity (Wildman–Crippen MR) is 163 cm³/mol. The highest BCUT2D eigenvalue weighted by molar-refractivity contribution is 7.73. The average Bonchev–Trinajstić information content (AvgIpc) is 2.82.